The van der Waals surface area contributed by atoms with Gasteiger partial charge in [0.05, 0.1) is 18.3 Å². The molecule has 1 saturated heterocycles. The predicted molar refractivity (Wildman–Crippen MR) is 116 cm³/mol. The van der Waals surface area contributed by atoms with Crippen molar-refractivity contribution >= 4 is 5.82 Å². The number of aromatic hydroxyl groups is 1. The molecule has 1 aromatic heterocycles. The van der Waals surface area contributed by atoms with E-state index in [0.717, 1.165) is 79.6 Å². The van der Waals surface area contributed by atoms with E-state index in [4.69, 9.17) is 9.84 Å². The number of hydrogen-bond donors (Lipinski definition) is 3. The Bertz CT molecular complexity index is 940. The van der Waals surface area contributed by atoms with Crippen LogP contribution < -0.4 is 5.32 Å². The Labute approximate surface area is 177 Å². The maximum atomic E-state index is 10.8. The number of anilines is 1. The first-order valence-corrected chi connectivity index (χ1v) is 11.4. The monoisotopic (exact) mass is 409 g/mol. The highest BCUT2D eigenvalue weighted by Crippen LogP contribution is 2.47. The summed E-state index contributed by atoms with van der Waals surface area (Å²) in [6.45, 7) is 0. The van der Waals surface area contributed by atoms with Crippen molar-refractivity contribution in [1.82, 2.24) is 10.2 Å². The number of hydrogen-bond acceptors (Lipinski definition) is 6. The van der Waals surface area contributed by atoms with Crippen LogP contribution in [0.2, 0.25) is 0 Å². The molecular formula is C24H31N3O3. The van der Waals surface area contributed by atoms with Crippen LogP contribution >= 0.6 is 0 Å². The lowest BCUT2D eigenvalue weighted by Gasteiger charge is -2.27. The van der Waals surface area contributed by atoms with Crippen LogP contribution in [0.3, 0.4) is 0 Å². The van der Waals surface area contributed by atoms with E-state index < -0.39 is 0 Å². The van der Waals surface area contributed by atoms with Gasteiger partial charge in [-0.05, 0) is 67.7 Å². The Morgan fingerprint density at radius 2 is 1.83 bits per heavy atom. The van der Waals surface area contributed by atoms with Gasteiger partial charge in [-0.25, -0.2) is 0 Å². The van der Waals surface area contributed by atoms with Gasteiger partial charge in [-0.1, -0.05) is 18.9 Å². The summed E-state index contributed by atoms with van der Waals surface area (Å²) in [6.07, 6.45) is 11.1. The number of ether oxygens (including phenoxy) is 1. The molecule has 2 atom stereocenters. The third-order valence-electron chi connectivity index (χ3n) is 7.05. The average Bonchev–Trinajstić information content (AvgIpc) is 3.50. The van der Waals surface area contributed by atoms with Crippen molar-refractivity contribution in [1.29, 1.82) is 0 Å². The lowest BCUT2D eigenvalue weighted by atomic mass is 9.92. The molecule has 3 heterocycles. The number of rotatable bonds is 2. The van der Waals surface area contributed by atoms with E-state index in [0.29, 0.717) is 5.75 Å². The van der Waals surface area contributed by atoms with Crippen LogP contribution in [-0.2, 0) is 24.0 Å². The van der Waals surface area contributed by atoms with Crippen molar-refractivity contribution in [2.24, 2.45) is 0 Å². The Hall–Kier alpha value is -2.18. The molecule has 1 aromatic carbocycles. The van der Waals surface area contributed by atoms with Crippen molar-refractivity contribution in [3.63, 3.8) is 0 Å². The molecule has 0 spiro atoms. The highest BCUT2D eigenvalue weighted by molar-refractivity contribution is 5.75. The Kier molecular flexibility index (Phi) is 5.37. The van der Waals surface area contributed by atoms with Gasteiger partial charge >= 0.3 is 0 Å². The molecule has 1 saturated carbocycles. The second-order valence-corrected chi connectivity index (χ2v) is 8.96. The summed E-state index contributed by atoms with van der Waals surface area (Å²) >= 11 is 0. The number of aliphatic hydroxyl groups is 1. The Morgan fingerprint density at radius 1 is 1.00 bits per heavy atom. The topological polar surface area (TPSA) is 87.5 Å². The normalized spacial score (nSPS) is 24.2. The van der Waals surface area contributed by atoms with Crippen LogP contribution in [0.5, 0.6) is 5.75 Å². The molecule has 0 radical (unpaired) electrons. The molecule has 2 unspecified atom stereocenters. The van der Waals surface area contributed by atoms with Crippen LogP contribution in [0.15, 0.2) is 12.1 Å². The zero-order valence-electron chi connectivity index (χ0n) is 17.7. The second-order valence-electron chi connectivity index (χ2n) is 8.96. The minimum absolute atomic E-state index is 0.0463. The Balaban J connectivity index is 0.000000279. The summed E-state index contributed by atoms with van der Waals surface area (Å²) in [6, 6.07) is 4.16. The van der Waals surface area contributed by atoms with Crippen LogP contribution in [-0.4, -0.2) is 39.7 Å². The first kappa shape index (κ1) is 19.8. The summed E-state index contributed by atoms with van der Waals surface area (Å²) in [5, 5.41) is 31.6. The largest absolute Gasteiger partial charge is 0.507 e. The summed E-state index contributed by atoms with van der Waals surface area (Å²) < 4.78 is 6.09. The van der Waals surface area contributed by atoms with Crippen molar-refractivity contribution < 1.29 is 14.9 Å². The summed E-state index contributed by atoms with van der Waals surface area (Å²) in [5.74, 6) is 1.21. The van der Waals surface area contributed by atoms with Gasteiger partial charge in [0, 0.05) is 24.6 Å². The molecule has 6 nitrogen and oxygen atoms in total. The molecule has 2 fully saturated rings. The number of nitrogens with one attached hydrogen (secondary N) is 1. The quantitative estimate of drug-likeness (QED) is 0.693. The smallest absolute Gasteiger partial charge is 0.154 e. The third-order valence-corrected chi connectivity index (χ3v) is 7.05. The van der Waals surface area contributed by atoms with E-state index in [1.807, 2.05) is 13.1 Å². The minimum Gasteiger partial charge on any atom is -0.507 e. The molecule has 2 aromatic rings. The van der Waals surface area contributed by atoms with Crippen LogP contribution in [0.4, 0.5) is 5.82 Å². The van der Waals surface area contributed by atoms with Gasteiger partial charge in [0.2, 0.25) is 0 Å². The first-order chi connectivity index (χ1) is 14.7. The minimum atomic E-state index is 0.0463. The summed E-state index contributed by atoms with van der Waals surface area (Å²) in [4.78, 5) is 0. The molecule has 30 heavy (non-hydrogen) atoms. The number of benzene rings is 1. The fourth-order valence-corrected chi connectivity index (χ4v) is 5.48. The maximum Gasteiger partial charge on any atom is 0.154 e. The van der Waals surface area contributed by atoms with E-state index >= 15 is 0 Å². The summed E-state index contributed by atoms with van der Waals surface area (Å²) in [5.41, 5.74) is 6.35. The van der Waals surface area contributed by atoms with E-state index in [1.54, 1.807) is 0 Å². The van der Waals surface area contributed by atoms with Crippen molar-refractivity contribution in [2.45, 2.75) is 82.5 Å². The number of aromatic nitrogens is 2. The van der Waals surface area contributed by atoms with Gasteiger partial charge < -0.3 is 20.3 Å². The number of fused-ring (bicyclic) bond motifs is 5. The molecule has 160 valence electrons. The van der Waals surface area contributed by atoms with Crippen molar-refractivity contribution in [2.75, 3.05) is 12.4 Å². The van der Waals surface area contributed by atoms with Gasteiger partial charge in [-0.3, -0.25) is 0 Å². The van der Waals surface area contributed by atoms with Gasteiger partial charge in [-0.2, -0.15) is 0 Å². The molecule has 3 N–H and O–H groups in total. The molecule has 2 aliphatic heterocycles. The van der Waals surface area contributed by atoms with E-state index in [-0.39, 0.29) is 18.3 Å². The summed E-state index contributed by atoms with van der Waals surface area (Å²) in [7, 11) is 1.87. The zero-order valence-corrected chi connectivity index (χ0v) is 17.7. The van der Waals surface area contributed by atoms with E-state index in [9.17, 15) is 5.11 Å². The van der Waals surface area contributed by atoms with E-state index in [2.05, 4.69) is 21.6 Å². The first-order valence-electron chi connectivity index (χ1n) is 11.4. The van der Waals surface area contributed by atoms with Crippen molar-refractivity contribution in [3.05, 3.63) is 34.4 Å². The average molecular weight is 410 g/mol. The highest BCUT2D eigenvalue weighted by atomic mass is 16.5. The number of phenols is 1. The fourth-order valence-electron chi connectivity index (χ4n) is 5.48. The number of aliphatic hydroxyl groups excluding tert-OH is 1. The highest BCUT2D eigenvalue weighted by Gasteiger charge is 2.38. The number of phenolic OH excluding ortho intramolecular Hbond substituents is 1. The maximum absolute atomic E-state index is 10.8. The number of aryl methyl sites for hydroxylation is 1. The molecule has 6 rings (SSSR count). The molecule has 0 amide bonds. The molecule has 2 aliphatic carbocycles. The standard InChI is InChI=1S/C19H21N3O2.C5H10O/c1-20-19-16-14(9-11-6-8-15(16)24-11)17(21-22-19)13-7-5-10-3-2-4-12(10)18(13)23;6-5-3-1-2-4-5/h5,7,11,15,23H,2-4,6,8-9H2,1H3,(H,20,22);5-6H,1-4H2. The van der Waals surface area contributed by atoms with Gasteiger partial charge in [-0.15, -0.1) is 10.2 Å². The number of nitrogens with zero attached hydrogens (tertiary/aromatic N) is 2. The SMILES string of the molecule is CNc1nnc(-c2ccc3c(c2O)CCC3)c2c1C1CCC(C2)O1.OC1CCCC1. The van der Waals surface area contributed by atoms with Crippen molar-refractivity contribution in [3.8, 4) is 17.0 Å². The van der Waals surface area contributed by atoms with Gasteiger partial charge in [0.25, 0.3) is 0 Å². The van der Waals surface area contributed by atoms with Crippen LogP contribution in [0.1, 0.15) is 73.3 Å². The fraction of sp³-hybridized carbons (Fsp3) is 0.583. The molecule has 4 aliphatic rings. The van der Waals surface area contributed by atoms with E-state index in [1.165, 1.54) is 24.0 Å². The molecule has 6 heteroatoms. The third kappa shape index (κ3) is 3.46. The lowest BCUT2D eigenvalue weighted by Crippen LogP contribution is -2.21. The lowest BCUT2D eigenvalue weighted by molar-refractivity contribution is 0.0326. The van der Waals surface area contributed by atoms with Crippen LogP contribution in [0, 0.1) is 0 Å². The van der Waals surface area contributed by atoms with Gasteiger partial charge in [0.15, 0.2) is 5.82 Å². The van der Waals surface area contributed by atoms with Crippen LogP contribution in [0.25, 0.3) is 11.3 Å². The predicted octanol–water partition coefficient (Wildman–Crippen LogP) is 4.08. The van der Waals surface area contributed by atoms with Gasteiger partial charge in [0.1, 0.15) is 11.4 Å². The molecule has 2 bridgehead atoms. The zero-order chi connectivity index (χ0) is 20.7. The Morgan fingerprint density at radius 3 is 2.57 bits per heavy atom. The molecular weight excluding hydrogens is 378 g/mol. The second kappa shape index (κ2) is 8.16.